The number of hydrogen-bond donors (Lipinski definition) is 2. The molecule has 0 bridgehead atoms. The Kier molecular flexibility index (Phi) is 6.33. The summed E-state index contributed by atoms with van der Waals surface area (Å²) in [5.74, 6) is -0.0596. The average Bonchev–Trinajstić information content (AvgIpc) is 3.26. The molecule has 0 aliphatic carbocycles. The maximum absolute atomic E-state index is 12.6. The number of carbonyl (C=O) groups excluding carboxylic acids is 1. The lowest BCUT2D eigenvalue weighted by Crippen LogP contribution is -2.38. The number of rotatable bonds is 5. The van der Waals surface area contributed by atoms with Crippen molar-refractivity contribution in [3.8, 4) is 33.1 Å². The Bertz CT molecular complexity index is 1310. The van der Waals surface area contributed by atoms with Gasteiger partial charge < -0.3 is 15.8 Å². The maximum Gasteiger partial charge on any atom is 0.251 e. The third-order valence-electron chi connectivity index (χ3n) is 5.80. The molecule has 0 radical (unpaired) electrons. The lowest BCUT2D eigenvalue weighted by atomic mass is 10.0. The number of aryl methyl sites for hydroxylation is 1. The van der Waals surface area contributed by atoms with Gasteiger partial charge >= 0.3 is 0 Å². The molecule has 34 heavy (non-hydrogen) atoms. The second-order valence-corrected chi connectivity index (χ2v) is 9.29. The lowest BCUT2D eigenvalue weighted by molar-refractivity contribution is 0.0696. The van der Waals surface area contributed by atoms with Gasteiger partial charge in [0.1, 0.15) is 5.69 Å². The SMILES string of the molecule is Cc1cccc(-c2nc(N)sc2-c2ccnc(-c3ccc(C(=O)NC4CCOCC4)cc3)c2)n1. The number of aromatic nitrogens is 3. The molecular weight excluding hydrogens is 446 g/mol. The van der Waals surface area contributed by atoms with Crippen LogP contribution in [0.15, 0.2) is 60.8 Å². The molecule has 0 saturated carbocycles. The van der Waals surface area contributed by atoms with Gasteiger partial charge in [0, 0.05) is 42.3 Å². The molecule has 3 aromatic heterocycles. The molecule has 172 valence electrons. The molecule has 0 spiro atoms. The van der Waals surface area contributed by atoms with Gasteiger partial charge in [0.2, 0.25) is 0 Å². The first kappa shape index (κ1) is 22.2. The van der Waals surface area contributed by atoms with E-state index in [1.165, 1.54) is 11.3 Å². The van der Waals surface area contributed by atoms with Gasteiger partial charge in [0.15, 0.2) is 5.13 Å². The number of thiazole rings is 1. The Labute approximate surface area is 202 Å². The molecule has 5 rings (SSSR count). The Morgan fingerprint density at radius 3 is 2.59 bits per heavy atom. The second kappa shape index (κ2) is 9.70. The Morgan fingerprint density at radius 2 is 1.82 bits per heavy atom. The van der Waals surface area contributed by atoms with Crippen LogP contribution in [0.2, 0.25) is 0 Å². The summed E-state index contributed by atoms with van der Waals surface area (Å²) in [4.78, 5) is 27.3. The van der Waals surface area contributed by atoms with E-state index >= 15 is 0 Å². The van der Waals surface area contributed by atoms with E-state index in [2.05, 4.69) is 20.3 Å². The largest absolute Gasteiger partial charge is 0.381 e. The Hall–Kier alpha value is -3.62. The minimum absolute atomic E-state index is 0.0596. The van der Waals surface area contributed by atoms with E-state index < -0.39 is 0 Å². The van der Waals surface area contributed by atoms with Crippen molar-refractivity contribution in [3.05, 3.63) is 72.1 Å². The third-order valence-corrected chi connectivity index (χ3v) is 6.73. The molecule has 4 aromatic rings. The minimum atomic E-state index is -0.0596. The molecule has 3 N–H and O–H groups in total. The van der Waals surface area contributed by atoms with Gasteiger partial charge in [-0.1, -0.05) is 29.5 Å². The highest BCUT2D eigenvalue weighted by Gasteiger charge is 2.18. The number of carbonyl (C=O) groups is 1. The van der Waals surface area contributed by atoms with E-state index in [9.17, 15) is 4.79 Å². The van der Waals surface area contributed by atoms with Crippen molar-refractivity contribution < 1.29 is 9.53 Å². The van der Waals surface area contributed by atoms with Gasteiger partial charge in [-0.15, -0.1) is 0 Å². The van der Waals surface area contributed by atoms with Crippen LogP contribution in [-0.2, 0) is 4.74 Å². The molecule has 7 nitrogen and oxygen atoms in total. The maximum atomic E-state index is 12.6. The number of ether oxygens (including phenoxy) is 1. The van der Waals surface area contributed by atoms with Crippen LogP contribution >= 0.6 is 11.3 Å². The molecular formula is C26H25N5O2S. The van der Waals surface area contributed by atoms with E-state index in [4.69, 9.17) is 10.5 Å². The molecule has 0 unspecified atom stereocenters. The fourth-order valence-electron chi connectivity index (χ4n) is 4.01. The number of pyridine rings is 2. The topological polar surface area (TPSA) is 103 Å². The molecule has 0 atom stereocenters. The van der Waals surface area contributed by atoms with Crippen molar-refractivity contribution in [2.45, 2.75) is 25.8 Å². The van der Waals surface area contributed by atoms with Crippen molar-refractivity contribution >= 4 is 22.4 Å². The van der Waals surface area contributed by atoms with Crippen LogP contribution in [-0.4, -0.2) is 40.1 Å². The summed E-state index contributed by atoms with van der Waals surface area (Å²) in [6.07, 6.45) is 3.48. The first-order valence-electron chi connectivity index (χ1n) is 11.2. The van der Waals surface area contributed by atoms with Crippen LogP contribution in [0.4, 0.5) is 5.13 Å². The number of anilines is 1. The Balaban J connectivity index is 1.39. The predicted octanol–water partition coefficient (Wildman–Crippen LogP) is 4.73. The van der Waals surface area contributed by atoms with Crippen molar-refractivity contribution in [3.63, 3.8) is 0 Å². The summed E-state index contributed by atoms with van der Waals surface area (Å²) in [7, 11) is 0. The zero-order valence-electron chi connectivity index (χ0n) is 18.8. The zero-order valence-corrected chi connectivity index (χ0v) is 19.6. The second-order valence-electron chi connectivity index (χ2n) is 8.26. The molecule has 1 amide bonds. The van der Waals surface area contributed by atoms with Gasteiger partial charge in [0.25, 0.3) is 5.91 Å². The normalized spacial score (nSPS) is 14.1. The summed E-state index contributed by atoms with van der Waals surface area (Å²) in [6.45, 7) is 3.34. The number of nitrogen functional groups attached to an aromatic ring is 1. The summed E-state index contributed by atoms with van der Waals surface area (Å²) >= 11 is 1.43. The molecule has 1 aliphatic heterocycles. The first-order chi connectivity index (χ1) is 16.6. The van der Waals surface area contributed by atoms with Crippen LogP contribution in [0.3, 0.4) is 0 Å². The number of hydrogen-bond acceptors (Lipinski definition) is 7. The molecule has 1 saturated heterocycles. The van der Waals surface area contributed by atoms with Gasteiger partial charge in [-0.25, -0.2) is 4.98 Å². The highest BCUT2D eigenvalue weighted by molar-refractivity contribution is 7.19. The third kappa shape index (κ3) is 4.83. The van der Waals surface area contributed by atoms with Crippen molar-refractivity contribution in [1.29, 1.82) is 0 Å². The fourth-order valence-corrected chi connectivity index (χ4v) is 4.85. The summed E-state index contributed by atoms with van der Waals surface area (Å²) in [5, 5.41) is 3.59. The molecule has 8 heteroatoms. The first-order valence-corrected chi connectivity index (χ1v) is 12.0. The van der Waals surface area contributed by atoms with E-state index in [0.717, 1.165) is 51.6 Å². The molecule has 1 aliphatic rings. The fraction of sp³-hybridized carbons (Fsp3) is 0.231. The van der Waals surface area contributed by atoms with Gasteiger partial charge in [0.05, 0.1) is 16.3 Å². The van der Waals surface area contributed by atoms with Crippen LogP contribution in [0, 0.1) is 6.92 Å². The highest BCUT2D eigenvalue weighted by Crippen LogP contribution is 2.38. The van der Waals surface area contributed by atoms with Crippen molar-refractivity contribution in [2.24, 2.45) is 0 Å². The quantitative estimate of drug-likeness (QED) is 0.436. The average molecular weight is 472 g/mol. The summed E-state index contributed by atoms with van der Waals surface area (Å²) < 4.78 is 5.36. The zero-order chi connectivity index (χ0) is 23.5. The highest BCUT2D eigenvalue weighted by atomic mass is 32.1. The monoisotopic (exact) mass is 471 g/mol. The summed E-state index contributed by atoms with van der Waals surface area (Å²) in [6, 6.07) is 17.5. The van der Waals surface area contributed by atoms with Crippen LogP contribution < -0.4 is 11.1 Å². The number of benzene rings is 1. The molecule has 4 heterocycles. The van der Waals surface area contributed by atoms with Crippen molar-refractivity contribution in [1.82, 2.24) is 20.3 Å². The smallest absolute Gasteiger partial charge is 0.251 e. The van der Waals surface area contributed by atoms with Gasteiger partial charge in [-0.05, 0) is 61.7 Å². The van der Waals surface area contributed by atoms with E-state index in [0.29, 0.717) is 23.9 Å². The number of amides is 1. The van der Waals surface area contributed by atoms with E-state index in [1.54, 1.807) is 6.20 Å². The van der Waals surface area contributed by atoms with E-state index in [1.807, 2.05) is 61.5 Å². The predicted molar refractivity (Wildman–Crippen MR) is 134 cm³/mol. The standard InChI is InChI=1S/C26H25N5O2S/c1-16-3-2-4-21(29-16)23-24(34-26(27)31-23)19-9-12-28-22(15-19)17-5-7-18(8-6-17)25(32)30-20-10-13-33-14-11-20/h2-9,12,15,20H,10-11,13-14H2,1H3,(H2,27,31)(H,30,32). The Morgan fingerprint density at radius 1 is 1.03 bits per heavy atom. The lowest BCUT2D eigenvalue weighted by Gasteiger charge is -2.23. The summed E-state index contributed by atoms with van der Waals surface area (Å²) in [5.41, 5.74) is 11.9. The van der Waals surface area contributed by atoms with Crippen LogP contribution in [0.5, 0.6) is 0 Å². The van der Waals surface area contributed by atoms with E-state index in [-0.39, 0.29) is 11.9 Å². The van der Waals surface area contributed by atoms with Crippen LogP contribution in [0.25, 0.3) is 33.1 Å². The van der Waals surface area contributed by atoms with Crippen LogP contribution in [0.1, 0.15) is 28.9 Å². The number of nitrogens with two attached hydrogens (primary N) is 1. The van der Waals surface area contributed by atoms with Crippen molar-refractivity contribution in [2.75, 3.05) is 18.9 Å². The minimum Gasteiger partial charge on any atom is -0.381 e. The molecule has 1 aromatic carbocycles. The number of nitrogens with one attached hydrogen (secondary N) is 1. The van der Waals surface area contributed by atoms with Gasteiger partial charge in [-0.3, -0.25) is 14.8 Å². The molecule has 1 fully saturated rings. The van der Waals surface area contributed by atoms with Gasteiger partial charge in [-0.2, -0.15) is 0 Å². The number of nitrogens with zero attached hydrogens (tertiary/aromatic N) is 3.